The first kappa shape index (κ1) is 27.7. The van der Waals surface area contributed by atoms with Gasteiger partial charge in [0.15, 0.2) is 20.6 Å². The van der Waals surface area contributed by atoms with Gasteiger partial charge in [-0.15, -0.1) is 10.2 Å². The Hall–Kier alpha value is -3.86. The fourth-order valence-electron chi connectivity index (χ4n) is 2.94. The van der Waals surface area contributed by atoms with Crippen LogP contribution in [0.1, 0.15) is 21.6 Å². The van der Waals surface area contributed by atoms with Crippen LogP contribution in [0, 0.1) is 11.7 Å². The summed E-state index contributed by atoms with van der Waals surface area (Å²) >= 11 is 0. The number of carbonyl (C=O) groups excluding carboxylic acids is 1. The van der Waals surface area contributed by atoms with Crippen LogP contribution in [0.5, 0.6) is 17.6 Å². The van der Waals surface area contributed by atoms with Crippen LogP contribution in [0.4, 0.5) is 18.9 Å². The van der Waals surface area contributed by atoms with Crippen LogP contribution >= 0.6 is 0 Å². The molecular formula is C20H19F3N6O6S2. The molecule has 0 aliphatic rings. The molecule has 1 aromatic carbocycles. The molecule has 0 radical (unpaired) electrons. The number of alkyl halides is 3. The number of nitrogens with one attached hydrogen (secondary N) is 2. The Balaban J connectivity index is 2.11. The number of aromatic nitrogens is 4. The molecule has 0 aliphatic carbocycles. The van der Waals surface area contributed by atoms with Crippen molar-refractivity contribution in [3.8, 4) is 17.6 Å². The maximum absolute atomic E-state index is 13.5. The molecule has 0 spiro atoms. The van der Waals surface area contributed by atoms with E-state index in [9.17, 15) is 30.6 Å². The number of carbonyl (C=O) groups is 1. The molecule has 0 bridgehead atoms. The van der Waals surface area contributed by atoms with Gasteiger partial charge in [-0.25, -0.2) is 22.4 Å². The zero-order valence-corrected chi connectivity index (χ0v) is 21.2. The Morgan fingerprint density at radius 2 is 1.76 bits per heavy atom. The predicted molar refractivity (Wildman–Crippen MR) is 123 cm³/mol. The van der Waals surface area contributed by atoms with Crippen molar-refractivity contribution in [2.24, 2.45) is 0 Å². The molecule has 37 heavy (non-hydrogen) atoms. The molecule has 0 aliphatic heterocycles. The van der Waals surface area contributed by atoms with Crippen molar-refractivity contribution >= 4 is 31.2 Å². The molecular weight excluding hydrogens is 541 g/mol. The third kappa shape index (κ3) is 6.29. The van der Waals surface area contributed by atoms with Gasteiger partial charge in [0.05, 0.1) is 23.0 Å². The van der Waals surface area contributed by atoms with Gasteiger partial charge in [-0.1, -0.05) is 6.07 Å². The first-order valence-electron chi connectivity index (χ1n) is 9.91. The monoisotopic (exact) mass is 560 g/mol. The largest absolute Gasteiger partial charge is 0.477 e. The number of rotatable bonds is 7. The van der Waals surface area contributed by atoms with E-state index in [1.807, 2.05) is 0 Å². The van der Waals surface area contributed by atoms with E-state index in [2.05, 4.69) is 25.5 Å². The zero-order chi connectivity index (χ0) is 27.8. The lowest BCUT2D eigenvalue weighted by atomic mass is 10.1. The lowest BCUT2D eigenvalue weighted by Crippen LogP contribution is -2.21. The number of ether oxygens (including phenoxy) is 2. The van der Waals surface area contributed by atoms with E-state index >= 15 is 0 Å². The fourth-order valence-corrected chi connectivity index (χ4v) is 4.12. The minimum absolute atomic E-state index is 0.0370. The first-order chi connectivity index (χ1) is 17.0. The number of nitrogens with zero attached hydrogens (tertiary/aromatic N) is 4. The first-order valence-corrected chi connectivity index (χ1v) is 13.8. The average Bonchev–Trinajstić information content (AvgIpc) is 2.77. The quantitative estimate of drug-likeness (QED) is 0.437. The minimum atomic E-state index is -4.96. The summed E-state index contributed by atoms with van der Waals surface area (Å²) in [5.41, 5.74) is -2.72. The van der Waals surface area contributed by atoms with Crippen molar-refractivity contribution in [1.29, 1.82) is 4.78 Å². The Kier molecular flexibility index (Phi) is 7.41. The molecule has 2 N–H and O–H groups in total. The van der Waals surface area contributed by atoms with Crippen LogP contribution in [0.3, 0.4) is 0 Å². The normalized spacial score (nSPS) is 13.5. The molecule has 1 amide bonds. The van der Waals surface area contributed by atoms with Gasteiger partial charge in [0.1, 0.15) is 5.56 Å². The average molecular weight is 561 g/mol. The molecule has 12 nitrogen and oxygen atoms in total. The second-order valence-electron chi connectivity index (χ2n) is 7.57. The molecule has 17 heteroatoms. The summed E-state index contributed by atoms with van der Waals surface area (Å²) in [4.78, 5) is 20.7. The molecule has 2 aromatic heterocycles. The summed E-state index contributed by atoms with van der Waals surface area (Å²) in [6.45, 7) is 0.980. The number of sulfone groups is 1. The molecule has 3 aromatic rings. The van der Waals surface area contributed by atoms with Crippen LogP contribution in [0.2, 0.25) is 0 Å². The molecule has 0 saturated heterocycles. The van der Waals surface area contributed by atoms with Gasteiger partial charge in [-0.2, -0.15) is 18.2 Å². The second-order valence-corrected chi connectivity index (χ2v) is 11.7. The van der Waals surface area contributed by atoms with Crippen LogP contribution in [-0.2, 0) is 25.7 Å². The van der Waals surface area contributed by atoms with Gasteiger partial charge in [0.25, 0.3) is 23.5 Å². The van der Waals surface area contributed by atoms with Gasteiger partial charge >= 0.3 is 6.18 Å². The van der Waals surface area contributed by atoms with E-state index in [1.54, 1.807) is 0 Å². The van der Waals surface area contributed by atoms with Crippen LogP contribution in [0.25, 0.3) is 0 Å². The minimum Gasteiger partial charge on any atom is -0.477 e. The molecule has 1 unspecified atom stereocenters. The van der Waals surface area contributed by atoms with Crippen molar-refractivity contribution in [2.75, 3.05) is 24.9 Å². The molecule has 1 atom stereocenters. The van der Waals surface area contributed by atoms with Gasteiger partial charge < -0.3 is 14.8 Å². The van der Waals surface area contributed by atoms with E-state index in [0.717, 1.165) is 32.7 Å². The van der Waals surface area contributed by atoms with Gasteiger partial charge in [0, 0.05) is 23.1 Å². The Bertz CT molecular complexity index is 1590. The van der Waals surface area contributed by atoms with Crippen molar-refractivity contribution in [3.05, 3.63) is 47.3 Å². The third-order valence-corrected chi connectivity index (χ3v) is 6.79. The SMILES string of the molecule is COc1nc(S(C)(=O)=O)cnc1Oc1nnc(C(F)(F)F)c(C)c1C(=O)Nc1cccc(S(C)(=N)=O)c1. The standard InChI is InChI=1S/C20H19F3N6O6S2/c1-10-14(16(30)26-11-6-5-7-12(8-11)36(3,24)31)17(29-28-15(10)20(21,22)23)35-18-19(34-2)27-13(9-25-18)37(4,32)33/h5-9,24H,1-4H3,(H,26,30). The molecule has 198 valence electrons. The highest BCUT2D eigenvalue weighted by Crippen LogP contribution is 2.36. The van der Waals surface area contributed by atoms with Crippen LogP contribution in [-0.4, -0.2) is 58.3 Å². The number of amides is 1. The maximum atomic E-state index is 13.5. The highest BCUT2D eigenvalue weighted by atomic mass is 32.2. The van der Waals surface area contributed by atoms with Gasteiger partial charge in [-0.05, 0) is 30.7 Å². The fraction of sp³-hybridized carbons (Fsp3) is 0.250. The van der Waals surface area contributed by atoms with Crippen molar-refractivity contribution in [1.82, 2.24) is 20.2 Å². The number of anilines is 1. The summed E-state index contributed by atoms with van der Waals surface area (Å²) in [6, 6.07) is 5.41. The predicted octanol–water partition coefficient (Wildman–Crippen LogP) is 3.09. The molecule has 3 rings (SSSR count). The highest BCUT2D eigenvalue weighted by Gasteiger charge is 2.38. The number of hydrogen-bond acceptors (Lipinski definition) is 11. The van der Waals surface area contributed by atoms with E-state index in [1.165, 1.54) is 24.3 Å². The second kappa shape index (κ2) is 9.89. The van der Waals surface area contributed by atoms with E-state index in [4.69, 9.17) is 14.3 Å². The summed E-state index contributed by atoms with van der Waals surface area (Å²) < 4.78 is 94.1. The van der Waals surface area contributed by atoms with Crippen LogP contribution < -0.4 is 14.8 Å². The number of methoxy groups -OCH3 is 1. The number of halogens is 3. The molecule has 0 saturated carbocycles. The van der Waals surface area contributed by atoms with Gasteiger partial charge in [0.2, 0.25) is 0 Å². The van der Waals surface area contributed by atoms with Gasteiger partial charge in [-0.3, -0.25) is 4.79 Å². The smallest absolute Gasteiger partial charge is 0.435 e. The summed E-state index contributed by atoms with van der Waals surface area (Å²) in [5, 5.41) is 8.42. The number of benzene rings is 1. The van der Waals surface area contributed by atoms with Crippen molar-refractivity contribution in [2.45, 2.75) is 23.0 Å². The lowest BCUT2D eigenvalue weighted by molar-refractivity contribution is -0.142. The number of hydrogen-bond donors (Lipinski definition) is 2. The maximum Gasteiger partial charge on any atom is 0.435 e. The Morgan fingerprint density at radius 1 is 1.08 bits per heavy atom. The summed E-state index contributed by atoms with van der Waals surface area (Å²) in [6.07, 6.45) is -2.10. The zero-order valence-electron chi connectivity index (χ0n) is 19.6. The third-order valence-electron chi connectivity index (χ3n) is 4.68. The Labute approximate surface area is 209 Å². The van der Waals surface area contributed by atoms with E-state index in [0.29, 0.717) is 0 Å². The summed E-state index contributed by atoms with van der Waals surface area (Å²) in [5.74, 6) is -2.76. The summed E-state index contributed by atoms with van der Waals surface area (Å²) in [7, 11) is -5.82. The molecule has 2 heterocycles. The molecule has 0 fully saturated rings. The topological polar surface area (TPSA) is 174 Å². The lowest BCUT2D eigenvalue weighted by Gasteiger charge is -2.16. The van der Waals surface area contributed by atoms with Crippen LogP contribution in [0.15, 0.2) is 40.4 Å². The highest BCUT2D eigenvalue weighted by molar-refractivity contribution is 7.91. The Morgan fingerprint density at radius 3 is 2.32 bits per heavy atom. The van der Waals surface area contributed by atoms with E-state index < -0.39 is 71.1 Å². The van der Waals surface area contributed by atoms with Crippen molar-refractivity contribution < 1.29 is 40.1 Å². The van der Waals surface area contributed by atoms with Crippen molar-refractivity contribution in [3.63, 3.8) is 0 Å². The van der Waals surface area contributed by atoms with E-state index in [-0.39, 0.29) is 10.6 Å².